The maximum absolute atomic E-state index is 12.9. The van der Waals surface area contributed by atoms with Crippen molar-refractivity contribution >= 4 is 33.2 Å². The van der Waals surface area contributed by atoms with E-state index in [0.717, 1.165) is 18.4 Å². The van der Waals surface area contributed by atoms with Gasteiger partial charge in [0.05, 0.1) is 22.5 Å². The summed E-state index contributed by atoms with van der Waals surface area (Å²) >= 11 is 5.86. The summed E-state index contributed by atoms with van der Waals surface area (Å²) in [5, 5.41) is 2.33. The molecule has 5 nitrogen and oxygen atoms in total. The fourth-order valence-corrected chi connectivity index (χ4v) is 2.98. The van der Waals surface area contributed by atoms with Crippen LogP contribution in [-0.2, 0) is 21.0 Å². The molecule has 1 amide bonds. The molecular weight excluding hydrogens is 369 g/mol. The van der Waals surface area contributed by atoms with Crippen molar-refractivity contribution in [3.63, 3.8) is 0 Å². The van der Waals surface area contributed by atoms with Gasteiger partial charge in [-0.1, -0.05) is 11.6 Å². The molecular formula is C14H18ClF3N2O3S. The molecule has 0 fully saturated rings. The fourth-order valence-electron chi connectivity index (χ4n) is 1.85. The van der Waals surface area contributed by atoms with Gasteiger partial charge < -0.3 is 5.32 Å². The number of anilines is 1. The van der Waals surface area contributed by atoms with Crippen molar-refractivity contribution in [1.82, 2.24) is 5.32 Å². The molecule has 0 aliphatic heterocycles. The normalized spacial score (nSPS) is 12.8. The van der Waals surface area contributed by atoms with E-state index in [0.29, 0.717) is 10.4 Å². The van der Waals surface area contributed by atoms with E-state index in [1.165, 1.54) is 0 Å². The van der Waals surface area contributed by atoms with Gasteiger partial charge in [0.15, 0.2) is 0 Å². The summed E-state index contributed by atoms with van der Waals surface area (Å²) in [7, 11) is -4.03. The second kappa shape index (κ2) is 6.79. The number of alkyl halides is 3. The number of sulfonamides is 1. The van der Waals surface area contributed by atoms with Gasteiger partial charge >= 0.3 is 6.18 Å². The van der Waals surface area contributed by atoms with E-state index in [9.17, 15) is 26.4 Å². The highest BCUT2D eigenvalue weighted by molar-refractivity contribution is 7.92. The van der Waals surface area contributed by atoms with Gasteiger partial charge in [0, 0.05) is 5.54 Å². The zero-order chi connectivity index (χ0) is 18.9. The number of halogens is 4. The second-order valence-corrected chi connectivity index (χ2v) is 8.55. The standard InChI is InChI=1S/C14H18ClF3N2O3S/c1-13(2,3)19-12(21)8-20(24(4,22)23)11-7-9(14(16,17)18)5-6-10(11)15/h5-7H,8H2,1-4H3,(H,19,21). The lowest BCUT2D eigenvalue weighted by atomic mass is 10.1. The summed E-state index contributed by atoms with van der Waals surface area (Å²) in [4.78, 5) is 12.0. The Hall–Kier alpha value is -1.48. The first-order chi connectivity index (χ1) is 10.6. The molecule has 0 heterocycles. The van der Waals surface area contributed by atoms with Gasteiger partial charge in [-0.3, -0.25) is 9.10 Å². The van der Waals surface area contributed by atoms with Crippen molar-refractivity contribution in [3.05, 3.63) is 28.8 Å². The molecule has 1 aromatic rings. The minimum atomic E-state index is -4.67. The average molecular weight is 387 g/mol. The molecule has 0 atom stereocenters. The van der Waals surface area contributed by atoms with Crippen molar-refractivity contribution < 1.29 is 26.4 Å². The summed E-state index contributed by atoms with van der Waals surface area (Å²) in [6, 6.07) is 2.29. The van der Waals surface area contributed by atoms with Crippen LogP contribution in [0.5, 0.6) is 0 Å². The SMILES string of the molecule is CC(C)(C)NC(=O)CN(c1cc(C(F)(F)F)ccc1Cl)S(C)(=O)=O. The van der Waals surface area contributed by atoms with Gasteiger partial charge in [-0.25, -0.2) is 8.42 Å². The zero-order valence-corrected chi connectivity index (χ0v) is 15.1. The van der Waals surface area contributed by atoms with Crippen molar-refractivity contribution in [3.8, 4) is 0 Å². The monoisotopic (exact) mass is 386 g/mol. The van der Waals surface area contributed by atoms with E-state index < -0.39 is 45.4 Å². The number of rotatable bonds is 4. The average Bonchev–Trinajstić information content (AvgIpc) is 2.32. The van der Waals surface area contributed by atoms with E-state index in [1.807, 2.05) is 0 Å². The van der Waals surface area contributed by atoms with Gasteiger partial charge in [-0.05, 0) is 39.0 Å². The smallest absolute Gasteiger partial charge is 0.350 e. The van der Waals surface area contributed by atoms with Gasteiger partial charge in [-0.2, -0.15) is 13.2 Å². The Balaban J connectivity index is 3.31. The lowest BCUT2D eigenvalue weighted by Gasteiger charge is -2.26. The number of benzene rings is 1. The van der Waals surface area contributed by atoms with Crippen LogP contribution in [0.4, 0.5) is 18.9 Å². The maximum Gasteiger partial charge on any atom is 0.416 e. The van der Waals surface area contributed by atoms with Crippen LogP contribution in [0.1, 0.15) is 26.3 Å². The number of amides is 1. The van der Waals surface area contributed by atoms with Crippen LogP contribution in [0.2, 0.25) is 5.02 Å². The predicted octanol–water partition coefficient (Wildman–Crippen LogP) is 3.04. The van der Waals surface area contributed by atoms with Crippen molar-refractivity contribution in [1.29, 1.82) is 0 Å². The number of hydrogen-bond acceptors (Lipinski definition) is 3. The summed E-state index contributed by atoms with van der Waals surface area (Å²) in [6.45, 7) is 4.38. The van der Waals surface area contributed by atoms with E-state index in [1.54, 1.807) is 20.8 Å². The van der Waals surface area contributed by atoms with E-state index in [4.69, 9.17) is 11.6 Å². The zero-order valence-electron chi connectivity index (χ0n) is 13.5. The third-order valence-corrected chi connectivity index (χ3v) is 4.19. The van der Waals surface area contributed by atoms with E-state index in [2.05, 4.69) is 5.32 Å². The molecule has 136 valence electrons. The van der Waals surface area contributed by atoms with Gasteiger partial charge in [0.1, 0.15) is 6.54 Å². The lowest BCUT2D eigenvalue weighted by molar-refractivity contribution is -0.137. The Kier molecular flexibility index (Phi) is 5.82. The summed E-state index contributed by atoms with van der Waals surface area (Å²) < 4.78 is 63.0. The van der Waals surface area contributed by atoms with E-state index in [-0.39, 0.29) is 5.02 Å². The fraction of sp³-hybridized carbons (Fsp3) is 0.500. The van der Waals surface area contributed by atoms with Crippen LogP contribution in [0.3, 0.4) is 0 Å². The molecule has 1 N–H and O–H groups in total. The summed E-state index contributed by atoms with van der Waals surface area (Å²) in [5.74, 6) is -0.665. The second-order valence-electron chi connectivity index (χ2n) is 6.23. The maximum atomic E-state index is 12.9. The van der Waals surface area contributed by atoms with E-state index >= 15 is 0 Å². The molecule has 1 rings (SSSR count). The molecule has 0 unspecified atom stereocenters. The number of nitrogens with zero attached hydrogens (tertiary/aromatic N) is 1. The molecule has 0 spiro atoms. The summed E-state index contributed by atoms with van der Waals surface area (Å²) in [6.07, 6.45) is -3.88. The molecule has 0 aliphatic rings. The third-order valence-electron chi connectivity index (χ3n) is 2.74. The molecule has 0 radical (unpaired) electrons. The highest BCUT2D eigenvalue weighted by Gasteiger charge is 2.33. The first-order valence-corrected chi connectivity index (χ1v) is 8.99. The van der Waals surface area contributed by atoms with Crippen LogP contribution < -0.4 is 9.62 Å². The minimum Gasteiger partial charge on any atom is -0.350 e. The minimum absolute atomic E-state index is 0.211. The van der Waals surface area contributed by atoms with Crippen LogP contribution >= 0.6 is 11.6 Å². The molecule has 0 saturated carbocycles. The quantitative estimate of drug-likeness (QED) is 0.864. The number of nitrogens with one attached hydrogen (secondary N) is 1. The third kappa shape index (κ3) is 5.86. The summed E-state index contributed by atoms with van der Waals surface area (Å²) in [5.41, 5.74) is -2.09. The van der Waals surface area contributed by atoms with Crippen LogP contribution in [0, 0.1) is 0 Å². The molecule has 0 saturated heterocycles. The Morgan fingerprint density at radius 2 is 1.79 bits per heavy atom. The number of hydrogen-bond donors (Lipinski definition) is 1. The first-order valence-electron chi connectivity index (χ1n) is 6.77. The first kappa shape index (κ1) is 20.6. The van der Waals surface area contributed by atoms with Gasteiger partial charge in [0.2, 0.25) is 15.9 Å². The topological polar surface area (TPSA) is 66.5 Å². The molecule has 24 heavy (non-hydrogen) atoms. The Morgan fingerprint density at radius 3 is 2.21 bits per heavy atom. The molecule has 0 aliphatic carbocycles. The van der Waals surface area contributed by atoms with Crippen LogP contribution in [0.15, 0.2) is 18.2 Å². The highest BCUT2D eigenvalue weighted by Crippen LogP contribution is 2.36. The van der Waals surface area contributed by atoms with Gasteiger partial charge in [0.25, 0.3) is 0 Å². The lowest BCUT2D eigenvalue weighted by Crippen LogP contribution is -2.47. The molecule has 0 bridgehead atoms. The van der Waals surface area contributed by atoms with Gasteiger partial charge in [-0.15, -0.1) is 0 Å². The van der Waals surface area contributed by atoms with Crippen LogP contribution in [0.25, 0.3) is 0 Å². The number of carbonyl (C=O) groups excluding carboxylic acids is 1. The predicted molar refractivity (Wildman–Crippen MR) is 86.5 cm³/mol. The van der Waals surface area contributed by atoms with Crippen LogP contribution in [-0.4, -0.2) is 32.7 Å². The Labute approximate surface area is 143 Å². The largest absolute Gasteiger partial charge is 0.416 e. The Morgan fingerprint density at radius 1 is 1.25 bits per heavy atom. The Bertz CT molecular complexity index is 728. The van der Waals surface area contributed by atoms with Crippen molar-refractivity contribution in [2.75, 3.05) is 17.1 Å². The van der Waals surface area contributed by atoms with Crippen molar-refractivity contribution in [2.45, 2.75) is 32.5 Å². The molecule has 10 heteroatoms. The number of carbonyl (C=O) groups is 1. The highest BCUT2D eigenvalue weighted by atomic mass is 35.5. The molecule has 0 aromatic heterocycles. The van der Waals surface area contributed by atoms with Crippen molar-refractivity contribution in [2.24, 2.45) is 0 Å². The molecule has 1 aromatic carbocycles.